The van der Waals surface area contributed by atoms with Crippen molar-refractivity contribution in [2.24, 2.45) is 0 Å². The Balaban J connectivity index is 1.93. The van der Waals surface area contributed by atoms with Crippen molar-refractivity contribution in [3.63, 3.8) is 0 Å². The van der Waals surface area contributed by atoms with E-state index in [0.29, 0.717) is 11.5 Å². The number of sulfonamides is 1. The van der Waals surface area contributed by atoms with Crippen molar-refractivity contribution in [1.82, 2.24) is 14.6 Å². The molecule has 0 spiro atoms. The van der Waals surface area contributed by atoms with Gasteiger partial charge in [-0.3, -0.25) is 9.78 Å². The van der Waals surface area contributed by atoms with Gasteiger partial charge in [0.05, 0.1) is 37.8 Å². The summed E-state index contributed by atoms with van der Waals surface area (Å²) in [5.74, 6) is 0.0746. The number of nitrogens with zero attached hydrogens (tertiary/aromatic N) is 2. The van der Waals surface area contributed by atoms with E-state index in [1.54, 1.807) is 30.5 Å². The van der Waals surface area contributed by atoms with Gasteiger partial charge in [0.25, 0.3) is 0 Å². The van der Waals surface area contributed by atoms with Gasteiger partial charge in [-0.05, 0) is 24.3 Å². The molecule has 2 aromatic rings. The molecule has 2 heterocycles. The van der Waals surface area contributed by atoms with Crippen molar-refractivity contribution >= 4 is 15.9 Å². The van der Waals surface area contributed by atoms with E-state index < -0.39 is 15.9 Å². The monoisotopic (exact) mass is 323 g/mol. The average Bonchev–Trinajstić information content (AvgIpc) is 2.98. The Morgan fingerprint density at radius 2 is 2.14 bits per heavy atom. The summed E-state index contributed by atoms with van der Waals surface area (Å²) >= 11 is 0. The molecule has 0 unspecified atom stereocenters. The smallest absolute Gasteiger partial charge is 0.235 e. The Bertz CT molecular complexity index is 699. The van der Waals surface area contributed by atoms with Crippen molar-refractivity contribution in [1.29, 1.82) is 0 Å². The normalized spacial score (nSPS) is 11.5. The van der Waals surface area contributed by atoms with Gasteiger partial charge in [-0.15, -0.1) is 0 Å². The van der Waals surface area contributed by atoms with Crippen LogP contribution >= 0.6 is 0 Å². The van der Waals surface area contributed by atoms with Gasteiger partial charge in [-0.25, -0.2) is 8.42 Å². The maximum absolute atomic E-state index is 11.9. The molecule has 8 heteroatoms. The van der Waals surface area contributed by atoms with Crippen molar-refractivity contribution < 1.29 is 17.6 Å². The molecule has 0 bridgehead atoms. The van der Waals surface area contributed by atoms with E-state index in [4.69, 9.17) is 4.42 Å². The first kappa shape index (κ1) is 16.2. The lowest BCUT2D eigenvalue weighted by atomic mass is 10.3. The summed E-state index contributed by atoms with van der Waals surface area (Å²) in [5, 5.41) is 2.64. The number of carbonyl (C=O) groups is 1. The zero-order chi connectivity index (χ0) is 16.0. The summed E-state index contributed by atoms with van der Waals surface area (Å²) in [6, 6.07) is 8.69. The molecule has 0 radical (unpaired) electrons. The zero-order valence-electron chi connectivity index (χ0n) is 12.1. The van der Waals surface area contributed by atoms with Gasteiger partial charge >= 0.3 is 0 Å². The van der Waals surface area contributed by atoms with E-state index in [9.17, 15) is 13.2 Å². The predicted octanol–water partition coefficient (Wildman–Crippen LogP) is 0.753. The Labute approximate surface area is 129 Å². The molecule has 2 aromatic heterocycles. The highest BCUT2D eigenvalue weighted by Crippen LogP contribution is 2.08. The second-order valence-electron chi connectivity index (χ2n) is 4.71. The number of hydrogen-bond acceptors (Lipinski definition) is 5. The van der Waals surface area contributed by atoms with Gasteiger partial charge in [-0.2, -0.15) is 4.31 Å². The molecular weight excluding hydrogens is 306 g/mol. The molecule has 0 aliphatic heterocycles. The Kier molecular flexibility index (Phi) is 5.29. The highest BCUT2D eigenvalue weighted by molar-refractivity contribution is 7.88. The summed E-state index contributed by atoms with van der Waals surface area (Å²) in [7, 11) is -3.52. The molecule has 1 N–H and O–H groups in total. The number of nitrogens with one attached hydrogen (secondary N) is 1. The van der Waals surface area contributed by atoms with E-state index in [1.807, 2.05) is 6.07 Å². The molecule has 0 saturated carbocycles. The lowest BCUT2D eigenvalue weighted by Crippen LogP contribution is -2.39. The van der Waals surface area contributed by atoms with E-state index in [1.165, 1.54) is 6.26 Å². The molecule has 0 aliphatic rings. The van der Waals surface area contributed by atoms with Crippen LogP contribution < -0.4 is 5.32 Å². The van der Waals surface area contributed by atoms with Crippen LogP contribution in [0.1, 0.15) is 11.5 Å². The van der Waals surface area contributed by atoms with E-state index >= 15 is 0 Å². The first-order valence-electron chi connectivity index (χ1n) is 6.59. The maximum atomic E-state index is 11.9. The van der Waals surface area contributed by atoms with Gasteiger partial charge in [-0.1, -0.05) is 6.07 Å². The molecule has 2 rings (SSSR count). The maximum Gasteiger partial charge on any atom is 0.235 e. The van der Waals surface area contributed by atoms with E-state index in [-0.39, 0.29) is 19.6 Å². The van der Waals surface area contributed by atoms with Gasteiger partial charge in [0.15, 0.2) is 0 Å². The third-order valence-electron chi connectivity index (χ3n) is 2.89. The third-order valence-corrected chi connectivity index (χ3v) is 4.09. The quantitative estimate of drug-likeness (QED) is 0.812. The van der Waals surface area contributed by atoms with Gasteiger partial charge in [0, 0.05) is 6.20 Å². The number of pyridine rings is 1. The van der Waals surface area contributed by atoms with Crippen LogP contribution in [0.5, 0.6) is 0 Å². The predicted molar refractivity (Wildman–Crippen MR) is 80.0 cm³/mol. The van der Waals surface area contributed by atoms with Crippen LogP contribution in [0.3, 0.4) is 0 Å². The second kappa shape index (κ2) is 7.19. The lowest BCUT2D eigenvalue weighted by Gasteiger charge is -2.18. The van der Waals surface area contributed by atoms with Crippen molar-refractivity contribution in [2.45, 2.75) is 13.1 Å². The lowest BCUT2D eigenvalue weighted by molar-refractivity contribution is -0.121. The molecule has 118 valence electrons. The number of amides is 1. The number of hydrogen-bond donors (Lipinski definition) is 1. The minimum absolute atomic E-state index is 0.0167. The van der Waals surface area contributed by atoms with Crippen LogP contribution in [-0.2, 0) is 27.9 Å². The second-order valence-corrected chi connectivity index (χ2v) is 6.69. The number of rotatable bonds is 7. The average molecular weight is 323 g/mol. The fraction of sp³-hybridized carbons (Fsp3) is 0.286. The van der Waals surface area contributed by atoms with Gasteiger partial charge in [0.2, 0.25) is 15.9 Å². The number of carbonyl (C=O) groups excluding carboxylic acids is 1. The molecule has 0 atom stereocenters. The number of furan rings is 1. The molecule has 22 heavy (non-hydrogen) atoms. The first-order valence-corrected chi connectivity index (χ1v) is 8.44. The van der Waals surface area contributed by atoms with Crippen LogP contribution in [0.15, 0.2) is 47.2 Å². The fourth-order valence-electron chi connectivity index (χ4n) is 1.77. The molecule has 0 saturated heterocycles. The van der Waals surface area contributed by atoms with Crippen molar-refractivity contribution in [3.8, 4) is 0 Å². The summed E-state index contributed by atoms with van der Waals surface area (Å²) in [5.41, 5.74) is 0.702. The summed E-state index contributed by atoms with van der Waals surface area (Å²) in [6.45, 7) is -0.00671. The van der Waals surface area contributed by atoms with E-state index in [0.717, 1.165) is 10.6 Å². The minimum atomic E-state index is -3.52. The zero-order valence-corrected chi connectivity index (χ0v) is 12.9. The SMILES string of the molecule is CS(=O)(=O)N(CC(=O)NCc1ccccn1)Cc1ccco1. The van der Waals surface area contributed by atoms with Gasteiger partial charge in [0.1, 0.15) is 5.76 Å². The Morgan fingerprint density at radius 1 is 1.32 bits per heavy atom. The van der Waals surface area contributed by atoms with Crippen LogP contribution in [0.2, 0.25) is 0 Å². The molecule has 0 aliphatic carbocycles. The Hall–Kier alpha value is -2.19. The molecule has 7 nitrogen and oxygen atoms in total. The molecular formula is C14H17N3O4S. The highest BCUT2D eigenvalue weighted by atomic mass is 32.2. The van der Waals surface area contributed by atoms with Crippen LogP contribution in [0.4, 0.5) is 0 Å². The summed E-state index contributed by atoms with van der Waals surface area (Å²) in [4.78, 5) is 16.0. The molecule has 0 aromatic carbocycles. The summed E-state index contributed by atoms with van der Waals surface area (Å²) < 4.78 is 29.7. The van der Waals surface area contributed by atoms with Crippen LogP contribution in [-0.4, -0.2) is 36.4 Å². The highest BCUT2D eigenvalue weighted by Gasteiger charge is 2.21. The van der Waals surface area contributed by atoms with Crippen molar-refractivity contribution in [2.75, 3.05) is 12.8 Å². The standard InChI is InChI=1S/C14H17N3O4S/c1-22(19,20)17(10-13-6-4-8-21-13)11-14(18)16-9-12-5-2-3-7-15-12/h2-8H,9-11H2,1H3,(H,16,18). The molecule has 0 fully saturated rings. The van der Waals surface area contributed by atoms with E-state index in [2.05, 4.69) is 10.3 Å². The minimum Gasteiger partial charge on any atom is -0.468 e. The third kappa shape index (κ3) is 4.97. The largest absolute Gasteiger partial charge is 0.468 e. The van der Waals surface area contributed by atoms with Crippen molar-refractivity contribution in [3.05, 3.63) is 54.2 Å². The molecule has 1 amide bonds. The first-order chi connectivity index (χ1) is 10.4. The Morgan fingerprint density at radius 3 is 2.73 bits per heavy atom. The topological polar surface area (TPSA) is 92.5 Å². The van der Waals surface area contributed by atoms with Gasteiger partial charge < -0.3 is 9.73 Å². The van der Waals surface area contributed by atoms with Crippen LogP contribution in [0.25, 0.3) is 0 Å². The number of aromatic nitrogens is 1. The summed E-state index contributed by atoms with van der Waals surface area (Å²) in [6.07, 6.45) is 4.14. The van der Waals surface area contributed by atoms with Crippen LogP contribution in [0, 0.1) is 0 Å². The fourth-order valence-corrected chi connectivity index (χ4v) is 2.49.